The predicted molar refractivity (Wildman–Crippen MR) is 289 cm³/mol. The van der Waals surface area contributed by atoms with Gasteiger partial charge in [0, 0.05) is 19.0 Å². The molecule has 0 saturated carbocycles. The molecule has 416 valence electrons. The molecule has 1 aliphatic rings. The van der Waals surface area contributed by atoms with Crippen LogP contribution in [0.15, 0.2) is 151 Å². The van der Waals surface area contributed by atoms with Gasteiger partial charge in [0.1, 0.15) is 30.7 Å². The maximum Gasteiger partial charge on any atom is 0.481 e. The number of nitrogens with zero attached hydrogens (tertiary/aromatic N) is 2. The monoisotopic (exact) mass is 1090 g/mol. The van der Waals surface area contributed by atoms with E-state index in [1.807, 2.05) is 60.8 Å². The molecule has 1 fully saturated rings. The summed E-state index contributed by atoms with van der Waals surface area (Å²) in [6.07, 6.45) is 45.8. The van der Waals surface area contributed by atoms with Gasteiger partial charge in [-0.05, 0) is 89.5 Å². The van der Waals surface area contributed by atoms with E-state index < -0.39 is 89.8 Å². The SMILES string of the molecule is CC/C=C\C/C=C\C/C=C\C/C=C\C/C=C\C/C=C\CCC(=O)OC[C@H](COP(=O)(O)OP(=O)(O)OC[C@H]1O[C@@H](n2ccc(N)nc2=O)[C@H](O)[C@@H]1O)OC(=O)CCC/C=C\C/C=C\C=C\C(O)C/C=C\C/C=C\CC. The van der Waals surface area contributed by atoms with Crippen LogP contribution in [0.4, 0.5) is 5.82 Å². The molecular weight excluding hydrogens is 1010 g/mol. The van der Waals surface area contributed by atoms with Crippen molar-refractivity contribution in [3.63, 3.8) is 0 Å². The van der Waals surface area contributed by atoms with Crippen molar-refractivity contribution in [3.05, 3.63) is 156 Å². The van der Waals surface area contributed by atoms with Crippen molar-refractivity contribution < 1.29 is 71.4 Å². The molecular formula is C54H79N3O16P2. The molecule has 3 unspecified atom stereocenters. The third-order valence-corrected chi connectivity index (χ3v) is 12.9. The molecule has 2 heterocycles. The predicted octanol–water partition coefficient (Wildman–Crippen LogP) is 9.52. The lowest BCUT2D eigenvalue weighted by molar-refractivity contribution is -0.161. The van der Waals surface area contributed by atoms with Crippen LogP contribution >= 0.6 is 15.6 Å². The second-order valence-electron chi connectivity index (χ2n) is 16.7. The maximum absolute atomic E-state index is 12.9. The van der Waals surface area contributed by atoms with Crippen molar-refractivity contribution in [2.75, 3.05) is 25.6 Å². The fraction of sp³-hybridized carbons (Fsp3) is 0.481. The van der Waals surface area contributed by atoms with E-state index in [-0.39, 0.29) is 18.7 Å². The molecule has 1 aromatic heterocycles. The van der Waals surface area contributed by atoms with Crippen molar-refractivity contribution in [3.8, 4) is 0 Å². The van der Waals surface area contributed by atoms with Crippen LogP contribution in [0.25, 0.3) is 0 Å². The van der Waals surface area contributed by atoms with Gasteiger partial charge in [-0.15, -0.1) is 0 Å². The van der Waals surface area contributed by atoms with Gasteiger partial charge in [-0.1, -0.05) is 148 Å². The van der Waals surface area contributed by atoms with E-state index in [9.17, 15) is 48.6 Å². The van der Waals surface area contributed by atoms with Gasteiger partial charge >= 0.3 is 33.3 Å². The Hall–Kier alpha value is -5.14. The van der Waals surface area contributed by atoms with E-state index >= 15 is 0 Å². The summed E-state index contributed by atoms with van der Waals surface area (Å²) in [7, 11) is -10.9. The summed E-state index contributed by atoms with van der Waals surface area (Å²) in [6.45, 7) is 1.69. The van der Waals surface area contributed by atoms with Crippen LogP contribution < -0.4 is 11.4 Å². The minimum Gasteiger partial charge on any atom is -0.462 e. The summed E-state index contributed by atoms with van der Waals surface area (Å²) in [4.78, 5) is 61.9. The number of carbonyl (C=O) groups is 2. The number of unbranched alkanes of at least 4 members (excludes halogenated alkanes) is 1. The van der Waals surface area contributed by atoms with Crippen molar-refractivity contribution in [2.45, 2.75) is 147 Å². The number of anilines is 1. The Balaban J connectivity index is 1.88. The van der Waals surface area contributed by atoms with E-state index in [4.69, 9.17) is 29.0 Å². The Morgan fingerprint density at radius 1 is 0.707 bits per heavy atom. The number of nitrogens with two attached hydrogens (primary N) is 1. The largest absolute Gasteiger partial charge is 0.481 e. The van der Waals surface area contributed by atoms with Crippen molar-refractivity contribution in [1.29, 1.82) is 0 Å². The van der Waals surface area contributed by atoms with Crippen LogP contribution in [0.1, 0.15) is 116 Å². The first-order chi connectivity index (χ1) is 36.1. The first kappa shape index (κ1) is 66.0. The summed E-state index contributed by atoms with van der Waals surface area (Å²) >= 11 is 0. The average molecular weight is 1090 g/mol. The summed E-state index contributed by atoms with van der Waals surface area (Å²) < 4.78 is 56.6. The number of carbonyl (C=O) groups excluding carboxylic acids is 2. The number of esters is 2. The summed E-state index contributed by atoms with van der Waals surface area (Å²) in [5.41, 5.74) is 4.57. The second-order valence-corrected chi connectivity index (χ2v) is 19.8. The van der Waals surface area contributed by atoms with Crippen LogP contribution in [0.2, 0.25) is 0 Å². The van der Waals surface area contributed by atoms with Gasteiger partial charge in [-0.2, -0.15) is 9.29 Å². The zero-order valence-corrected chi connectivity index (χ0v) is 44.9. The van der Waals surface area contributed by atoms with Crippen molar-refractivity contribution in [1.82, 2.24) is 9.55 Å². The lowest BCUT2D eigenvalue weighted by atomic mass is 10.1. The topological polar surface area (TPSA) is 286 Å². The fourth-order valence-corrected chi connectivity index (χ4v) is 8.57. The molecule has 19 nitrogen and oxygen atoms in total. The number of aliphatic hydroxyl groups is 3. The number of phosphoric ester groups is 2. The molecule has 1 aliphatic heterocycles. The fourth-order valence-electron chi connectivity index (χ4n) is 6.46. The molecule has 7 N–H and O–H groups in total. The van der Waals surface area contributed by atoms with Crippen molar-refractivity contribution >= 4 is 33.4 Å². The lowest BCUT2D eigenvalue weighted by Crippen LogP contribution is -2.36. The van der Waals surface area contributed by atoms with E-state index in [0.29, 0.717) is 38.5 Å². The molecule has 0 aromatic carbocycles. The molecule has 0 aliphatic carbocycles. The number of rotatable bonds is 39. The molecule has 21 heteroatoms. The standard InChI is InChI=1S/C54H79N3O16P2/c1-3-5-7-9-11-12-13-14-15-16-17-18-19-20-21-22-26-30-34-38-49(59)68-42-46(71-50(60)39-35-31-27-24-23-25-29-33-37-45(58)36-32-28-10-8-6-4-2)43-69-74(64,65)73-75(66,67)70-44-47-51(61)52(62)53(72-47)57-41-40-48(55)56-54(57)63/h5-8,11-12,14-15,17-18,20-21,24-30,32-33,37,40-41,45-47,51-53,58,61-62H,3-4,9-10,13,16,19,22-23,31,34-36,38-39,42-44H2,1-2H3,(H,64,65)(H,66,67)(H2,55,56,63)/b7-5-,8-6-,12-11-,15-14-,18-17-,21-20-,27-24-,29-25-,30-26-,32-28-,37-33+/t45?,46-,47-,51-,52-,53-/m1/s1. The van der Waals surface area contributed by atoms with Crippen molar-refractivity contribution in [2.24, 2.45) is 0 Å². The number of aliphatic hydroxyl groups excluding tert-OH is 3. The normalized spacial score (nSPS) is 20.3. The van der Waals surface area contributed by atoms with Gasteiger partial charge in [0.15, 0.2) is 12.3 Å². The zero-order valence-electron chi connectivity index (χ0n) is 43.1. The van der Waals surface area contributed by atoms with Crippen LogP contribution in [0, 0.1) is 0 Å². The number of hydrogen-bond donors (Lipinski definition) is 6. The third-order valence-electron chi connectivity index (χ3n) is 10.3. The van der Waals surface area contributed by atoms with E-state index in [1.54, 1.807) is 12.2 Å². The number of ether oxygens (including phenoxy) is 3. The second kappa shape index (κ2) is 40.2. The first-order valence-corrected chi connectivity index (χ1v) is 28.3. The van der Waals surface area contributed by atoms with Crippen LogP contribution in [-0.4, -0.2) is 96.9 Å². The van der Waals surface area contributed by atoms with Crippen LogP contribution in [-0.2, 0) is 46.3 Å². The average Bonchev–Trinajstić information content (AvgIpc) is 3.64. The minimum atomic E-state index is -5.48. The highest BCUT2D eigenvalue weighted by atomic mass is 31.3. The number of hydrogen-bond acceptors (Lipinski definition) is 16. The third kappa shape index (κ3) is 32.8. The smallest absolute Gasteiger partial charge is 0.462 e. The molecule has 0 amide bonds. The summed E-state index contributed by atoms with van der Waals surface area (Å²) in [5, 5.41) is 31.0. The Bertz CT molecular complexity index is 2300. The minimum absolute atomic E-state index is 0.0318. The highest BCUT2D eigenvalue weighted by Gasteiger charge is 2.46. The van der Waals surface area contributed by atoms with Gasteiger partial charge in [-0.25, -0.2) is 13.9 Å². The number of aromatic nitrogens is 2. The Labute approximate surface area is 441 Å². The molecule has 0 radical (unpaired) electrons. The molecule has 0 bridgehead atoms. The first-order valence-electron chi connectivity index (χ1n) is 25.3. The lowest BCUT2D eigenvalue weighted by Gasteiger charge is -2.21. The molecule has 8 atom stereocenters. The van der Waals surface area contributed by atoms with E-state index in [0.717, 1.165) is 55.7 Å². The Kier molecular flexibility index (Phi) is 35.3. The van der Waals surface area contributed by atoms with Gasteiger partial charge in [0.25, 0.3) is 0 Å². The number of allylic oxidation sites excluding steroid dienone is 20. The zero-order chi connectivity index (χ0) is 55.0. The maximum atomic E-state index is 12.9. The molecule has 1 saturated heterocycles. The van der Waals surface area contributed by atoms with Gasteiger partial charge in [-0.3, -0.25) is 23.2 Å². The number of nitrogen functional groups attached to an aromatic ring is 1. The number of phosphoric acid groups is 2. The van der Waals surface area contributed by atoms with Gasteiger partial charge in [0.2, 0.25) is 0 Å². The Morgan fingerprint density at radius 3 is 1.83 bits per heavy atom. The van der Waals surface area contributed by atoms with Crippen LogP contribution in [0.5, 0.6) is 0 Å². The molecule has 2 rings (SSSR count). The van der Waals surface area contributed by atoms with E-state index in [2.05, 4.69) is 83.9 Å². The molecule has 75 heavy (non-hydrogen) atoms. The summed E-state index contributed by atoms with van der Waals surface area (Å²) in [5.74, 6) is -1.53. The van der Waals surface area contributed by atoms with Gasteiger partial charge in [0.05, 0.1) is 19.3 Å². The molecule has 1 aromatic rings. The Morgan fingerprint density at radius 2 is 1.24 bits per heavy atom. The highest BCUT2D eigenvalue weighted by molar-refractivity contribution is 7.61. The summed E-state index contributed by atoms with van der Waals surface area (Å²) in [6, 6.07) is 1.23. The van der Waals surface area contributed by atoms with E-state index in [1.165, 1.54) is 6.07 Å². The molecule has 0 spiro atoms. The quantitative estimate of drug-likeness (QED) is 0.0118. The highest BCUT2D eigenvalue weighted by Crippen LogP contribution is 2.60. The van der Waals surface area contributed by atoms with Crippen LogP contribution in [0.3, 0.4) is 0 Å². The van der Waals surface area contributed by atoms with Gasteiger partial charge < -0.3 is 45.1 Å².